The van der Waals surface area contributed by atoms with Crippen molar-refractivity contribution in [3.05, 3.63) is 54.1 Å². The molecule has 0 atom stereocenters. The SMILES string of the molecule is CCN(CCCc1ccccc1)CC(=O)Nc1ccc2c(c1)OCCO2. The number of nitrogens with one attached hydrogen (secondary N) is 1. The van der Waals surface area contributed by atoms with Gasteiger partial charge in [-0.3, -0.25) is 9.69 Å². The molecule has 1 amide bonds. The highest BCUT2D eigenvalue weighted by Crippen LogP contribution is 2.32. The highest BCUT2D eigenvalue weighted by Gasteiger charge is 2.14. The Kier molecular flexibility index (Phi) is 6.50. The summed E-state index contributed by atoms with van der Waals surface area (Å²) >= 11 is 0. The third kappa shape index (κ3) is 5.23. The molecule has 0 saturated carbocycles. The molecule has 0 unspecified atom stereocenters. The number of amides is 1. The first-order chi connectivity index (χ1) is 12.7. The molecule has 138 valence electrons. The Morgan fingerprint density at radius 2 is 1.85 bits per heavy atom. The summed E-state index contributed by atoms with van der Waals surface area (Å²) in [7, 11) is 0. The molecule has 2 aromatic rings. The van der Waals surface area contributed by atoms with E-state index in [0.29, 0.717) is 25.5 Å². The standard InChI is InChI=1S/C21H26N2O3/c1-2-23(12-6-9-17-7-4-3-5-8-17)16-21(24)22-18-10-11-19-20(15-18)26-14-13-25-19/h3-5,7-8,10-11,15H,2,6,9,12-14,16H2,1H3,(H,22,24). The maximum absolute atomic E-state index is 12.4. The van der Waals surface area contributed by atoms with E-state index in [1.54, 1.807) is 0 Å². The molecule has 0 aromatic heterocycles. The van der Waals surface area contributed by atoms with Crippen LogP contribution < -0.4 is 14.8 Å². The van der Waals surface area contributed by atoms with E-state index in [1.165, 1.54) is 5.56 Å². The van der Waals surface area contributed by atoms with Crippen LogP contribution in [0, 0.1) is 0 Å². The Labute approximate surface area is 154 Å². The second kappa shape index (κ2) is 9.25. The van der Waals surface area contributed by atoms with Crippen molar-refractivity contribution in [3.8, 4) is 11.5 Å². The van der Waals surface area contributed by atoms with Crippen molar-refractivity contribution >= 4 is 11.6 Å². The topological polar surface area (TPSA) is 50.8 Å². The molecule has 0 spiro atoms. The van der Waals surface area contributed by atoms with E-state index in [2.05, 4.69) is 41.4 Å². The largest absolute Gasteiger partial charge is 0.486 e. The molecule has 26 heavy (non-hydrogen) atoms. The first-order valence-electron chi connectivity index (χ1n) is 9.20. The van der Waals surface area contributed by atoms with Crippen LogP contribution >= 0.6 is 0 Å². The smallest absolute Gasteiger partial charge is 0.238 e. The lowest BCUT2D eigenvalue weighted by molar-refractivity contribution is -0.117. The fourth-order valence-corrected chi connectivity index (χ4v) is 3.03. The van der Waals surface area contributed by atoms with Gasteiger partial charge in [0.25, 0.3) is 0 Å². The van der Waals surface area contributed by atoms with Crippen molar-refractivity contribution < 1.29 is 14.3 Å². The van der Waals surface area contributed by atoms with Crippen LogP contribution in [-0.2, 0) is 11.2 Å². The lowest BCUT2D eigenvalue weighted by Crippen LogP contribution is -2.34. The van der Waals surface area contributed by atoms with E-state index >= 15 is 0 Å². The summed E-state index contributed by atoms with van der Waals surface area (Å²) in [5.74, 6) is 1.40. The van der Waals surface area contributed by atoms with Gasteiger partial charge < -0.3 is 14.8 Å². The number of anilines is 1. The van der Waals surface area contributed by atoms with E-state index in [0.717, 1.165) is 37.4 Å². The van der Waals surface area contributed by atoms with Gasteiger partial charge in [-0.05, 0) is 43.6 Å². The van der Waals surface area contributed by atoms with Crippen molar-refractivity contribution in [2.75, 3.05) is 38.2 Å². The number of rotatable bonds is 8. The molecule has 0 radical (unpaired) electrons. The first-order valence-corrected chi connectivity index (χ1v) is 9.20. The monoisotopic (exact) mass is 354 g/mol. The zero-order chi connectivity index (χ0) is 18.2. The number of nitrogens with zero attached hydrogens (tertiary/aromatic N) is 1. The highest BCUT2D eigenvalue weighted by atomic mass is 16.6. The normalized spacial score (nSPS) is 12.8. The number of fused-ring (bicyclic) bond motifs is 1. The van der Waals surface area contributed by atoms with E-state index in [9.17, 15) is 4.79 Å². The molecule has 1 heterocycles. The fourth-order valence-electron chi connectivity index (χ4n) is 3.03. The van der Waals surface area contributed by atoms with Crippen LogP contribution in [0.5, 0.6) is 11.5 Å². The van der Waals surface area contributed by atoms with Crippen molar-refractivity contribution in [3.63, 3.8) is 0 Å². The Hall–Kier alpha value is -2.53. The number of carbonyl (C=O) groups is 1. The van der Waals surface area contributed by atoms with Gasteiger partial charge in [0.1, 0.15) is 13.2 Å². The Bertz CT molecular complexity index is 718. The lowest BCUT2D eigenvalue weighted by atomic mass is 10.1. The summed E-state index contributed by atoms with van der Waals surface area (Å²) in [6, 6.07) is 15.9. The number of aryl methyl sites for hydroxylation is 1. The fraction of sp³-hybridized carbons (Fsp3) is 0.381. The van der Waals surface area contributed by atoms with Gasteiger partial charge in [-0.1, -0.05) is 37.3 Å². The molecular formula is C21H26N2O3. The average Bonchev–Trinajstić information content (AvgIpc) is 2.68. The van der Waals surface area contributed by atoms with Crippen LogP contribution in [0.2, 0.25) is 0 Å². The molecule has 1 aliphatic heterocycles. The van der Waals surface area contributed by atoms with E-state index in [4.69, 9.17) is 9.47 Å². The summed E-state index contributed by atoms with van der Waals surface area (Å²) in [6.45, 7) is 5.32. The zero-order valence-corrected chi connectivity index (χ0v) is 15.2. The second-order valence-electron chi connectivity index (χ2n) is 6.36. The maximum Gasteiger partial charge on any atom is 0.238 e. The van der Waals surface area contributed by atoms with Crippen LogP contribution in [0.15, 0.2) is 48.5 Å². The number of carbonyl (C=O) groups excluding carboxylic acids is 1. The van der Waals surface area contributed by atoms with Crippen LogP contribution in [-0.4, -0.2) is 43.7 Å². The van der Waals surface area contributed by atoms with Gasteiger partial charge in [-0.15, -0.1) is 0 Å². The Morgan fingerprint density at radius 3 is 2.62 bits per heavy atom. The van der Waals surface area contributed by atoms with Gasteiger partial charge in [0.05, 0.1) is 6.54 Å². The number of likely N-dealkylation sites (N-methyl/N-ethyl adjacent to an activating group) is 1. The van der Waals surface area contributed by atoms with Gasteiger partial charge in [0, 0.05) is 11.8 Å². The molecule has 0 saturated heterocycles. The predicted molar refractivity (Wildman–Crippen MR) is 103 cm³/mol. The molecule has 0 fully saturated rings. The van der Waals surface area contributed by atoms with Gasteiger partial charge in [-0.2, -0.15) is 0 Å². The molecule has 0 bridgehead atoms. The van der Waals surface area contributed by atoms with Gasteiger partial charge in [-0.25, -0.2) is 0 Å². The average molecular weight is 354 g/mol. The lowest BCUT2D eigenvalue weighted by Gasteiger charge is -2.21. The maximum atomic E-state index is 12.4. The number of benzene rings is 2. The zero-order valence-electron chi connectivity index (χ0n) is 15.2. The third-order valence-corrected chi connectivity index (χ3v) is 4.42. The molecule has 5 heteroatoms. The van der Waals surface area contributed by atoms with E-state index in [1.807, 2.05) is 24.3 Å². The third-order valence-electron chi connectivity index (χ3n) is 4.42. The molecule has 3 rings (SSSR count). The quantitative estimate of drug-likeness (QED) is 0.790. The van der Waals surface area contributed by atoms with Crippen LogP contribution in [0.4, 0.5) is 5.69 Å². The number of hydrogen-bond acceptors (Lipinski definition) is 4. The molecule has 5 nitrogen and oxygen atoms in total. The second-order valence-corrected chi connectivity index (χ2v) is 6.36. The summed E-state index contributed by atoms with van der Waals surface area (Å²) < 4.78 is 11.1. The highest BCUT2D eigenvalue weighted by molar-refractivity contribution is 5.92. The van der Waals surface area contributed by atoms with Gasteiger partial charge in [0.2, 0.25) is 5.91 Å². The molecule has 1 N–H and O–H groups in total. The minimum atomic E-state index is -0.0109. The minimum Gasteiger partial charge on any atom is -0.486 e. The summed E-state index contributed by atoms with van der Waals surface area (Å²) in [4.78, 5) is 14.5. The van der Waals surface area contributed by atoms with Crippen LogP contribution in [0.25, 0.3) is 0 Å². The van der Waals surface area contributed by atoms with Crippen molar-refractivity contribution in [2.24, 2.45) is 0 Å². The molecule has 0 aliphatic carbocycles. The van der Waals surface area contributed by atoms with E-state index < -0.39 is 0 Å². The number of ether oxygens (including phenoxy) is 2. The van der Waals surface area contributed by atoms with Crippen molar-refractivity contribution in [1.82, 2.24) is 4.90 Å². The first kappa shape index (κ1) is 18.3. The van der Waals surface area contributed by atoms with Gasteiger partial charge in [0.15, 0.2) is 11.5 Å². The van der Waals surface area contributed by atoms with Crippen LogP contribution in [0.3, 0.4) is 0 Å². The Morgan fingerprint density at radius 1 is 1.08 bits per heavy atom. The predicted octanol–water partition coefficient (Wildman–Crippen LogP) is 3.35. The molecule has 1 aliphatic rings. The van der Waals surface area contributed by atoms with Gasteiger partial charge >= 0.3 is 0 Å². The van der Waals surface area contributed by atoms with Crippen molar-refractivity contribution in [1.29, 1.82) is 0 Å². The van der Waals surface area contributed by atoms with Crippen molar-refractivity contribution in [2.45, 2.75) is 19.8 Å². The molecular weight excluding hydrogens is 328 g/mol. The minimum absolute atomic E-state index is 0.0109. The summed E-state index contributed by atoms with van der Waals surface area (Å²) in [5, 5.41) is 2.95. The van der Waals surface area contributed by atoms with Crippen LogP contribution in [0.1, 0.15) is 18.9 Å². The summed E-state index contributed by atoms with van der Waals surface area (Å²) in [5.41, 5.74) is 2.07. The van der Waals surface area contributed by atoms with E-state index in [-0.39, 0.29) is 5.91 Å². The Balaban J connectivity index is 1.46. The number of hydrogen-bond donors (Lipinski definition) is 1. The molecule has 2 aromatic carbocycles. The summed E-state index contributed by atoms with van der Waals surface area (Å²) in [6.07, 6.45) is 2.07.